The van der Waals surface area contributed by atoms with Crippen LogP contribution in [0.25, 0.3) is 10.8 Å². The first-order valence-corrected chi connectivity index (χ1v) is 9.69. The lowest BCUT2D eigenvalue weighted by Crippen LogP contribution is -2.33. The summed E-state index contributed by atoms with van der Waals surface area (Å²) >= 11 is 1.73. The van der Waals surface area contributed by atoms with Gasteiger partial charge in [0.1, 0.15) is 5.76 Å². The predicted octanol–water partition coefficient (Wildman–Crippen LogP) is 5.14. The van der Waals surface area contributed by atoms with Gasteiger partial charge in [-0.1, -0.05) is 12.5 Å². The number of hydrogen-bond donors (Lipinski definition) is 0. The van der Waals surface area contributed by atoms with Gasteiger partial charge in [0.15, 0.2) is 0 Å². The normalized spacial score (nSPS) is 18.6. The van der Waals surface area contributed by atoms with Crippen LogP contribution < -0.4 is 0 Å². The van der Waals surface area contributed by atoms with E-state index in [4.69, 9.17) is 9.40 Å². The molecule has 1 aliphatic heterocycles. The molecule has 4 rings (SSSR count). The van der Waals surface area contributed by atoms with Crippen molar-refractivity contribution in [2.45, 2.75) is 45.7 Å². The molecule has 0 spiro atoms. The summed E-state index contributed by atoms with van der Waals surface area (Å²) in [6.07, 6.45) is 7.53. The van der Waals surface area contributed by atoms with E-state index >= 15 is 0 Å². The molecule has 0 unspecified atom stereocenters. The van der Waals surface area contributed by atoms with Crippen molar-refractivity contribution in [3.05, 3.63) is 58.6 Å². The Labute approximate surface area is 152 Å². The third-order valence-electron chi connectivity index (χ3n) is 4.88. The van der Waals surface area contributed by atoms with Crippen molar-refractivity contribution in [3.8, 4) is 10.8 Å². The highest BCUT2D eigenvalue weighted by atomic mass is 32.1. The maximum absolute atomic E-state index is 5.96. The van der Waals surface area contributed by atoms with Crippen molar-refractivity contribution in [1.29, 1.82) is 0 Å². The minimum atomic E-state index is 0.422. The second kappa shape index (κ2) is 7.10. The van der Waals surface area contributed by atoms with Crippen LogP contribution >= 0.6 is 11.3 Å². The SMILES string of the molecule is Cc1ccc(-c2nc(CN3CCCC[C@H]3c3cccnc3)c(C)o2)s1. The molecule has 1 atom stereocenters. The van der Waals surface area contributed by atoms with Crippen molar-refractivity contribution >= 4 is 11.3 Å². The van der Waals surface area contributed by atoms with Crippen LogP contribution in [0.15, 0.2) is 41.1 Å². The molecule has 4 nitrogen and oxygen atoms in total. The molecular formula is C20H23N3OS. The maximum Gasteiger partial charge on any atom is 0.236 e. The summed E-state index contributed by atoms with van der Waals surface area (Å²) in [5.41, 5.74) is 2.36. The zero-order chi connectivity index (χ0) is 17.2. The summed E-state index contributed by atoms with van der Waals surface area (Å²) < 4.78 is 5.96. The van der Waals surface area contributed by atoms with Crippen LogP contribution in [0.4, 0.5) is 0 Å². The summed E-state index contributed by atoms with van der Waals surface area (Å²) in [6.45, 7) is 6.06. The van der Waals surface area contributed by atoms with Gasteiger partial charge in [-0.05, 0) is 57.0 Å². The number of oxazole rings is 1. The largest absolute Gasteiger partial charge is 0.440 e. The van der Waals surface area contributed by atoms with Crippen LogP contribution in [0.1, 0.15) is 47.2 Å². The second-order valence-corrected chi connectivity index (χ2v) is 7.99. The molecule has 0 amide bonds. The fourth-order valence-corrected chi connectivity index (χ4v) is 4.35. The first kappa shape index (κ1) is 16.5. The average Bonchev–Trinajstić information content (AvgIpc) is 3.22. The fourth-order valence-electron chi connectivity index (χ4n) is 3.55. The number of rotatable bonds is 4. The van der Waals surface area contributed by atoms with Gasteiger partial charge in [0.05, 0.1) is 10.6 Å². The van der Waals surface area contributed by atoms with E-state index < -0.39 is 0 Å². The van der Waals surface area contributed by atoms with E-state index in [9.17, 15) is 0 Å². The number of likely N-dealkylation sites (tertiary alicyclic amines) is 1. The topological polar surface area (TPSA) is 42.2 Å². The molecule has 0 aromatic carbocycles. The zero-order valence-corrected chi connectivity index (χ0v) is 15.6. The fraction of sp³-hybridized carbons (Fsp3) is 0.400. The van der Waals surface area contributed by atoms with Crippen molar-refractivity contribution in [3.63, 3.8) is 0 Å². The van der Waals surface area contributed by atoms with Gasteiger partial charge < -0.3 is 4.42 Å². The third kappa shape index (κ3) is 3.53. The number of hydrogen-bond acceptors (Lipinski definition) is 5. The van der Waals surface area contributed by atoms with Crippen LogP contribution in [0.5, 0.6) is 0 Å². The Balaban J connectivity index is 1.57. The molecule has 0 aliphatic carbocycles. The number of piperidine rings is 1. The van der Waals surface area contributed by atoms with Crippen LogP contribution in [0, 0.1) is 13.8 Å². The molecule has 5 heteroatoms. The lowest BCUT2D eigenvalue weighted by atomic mass is 9.96. The molecule has 1 aliphatic rings. The molecule has 3 aromatic rings. The van der Waals surface area contributed by atoms with Gasteiger partial charge >= 0.3 is 0 Å². The first-order valence-electron chi connectivity index (χ1n) is 8.88. The van der Waals surface area contributed by atoms with Gasteiger partial charge in [-0.2, -0.15) is 0 Å². The number of aromatic nitrogens is 2. The molecule has 1 saturated heterocycles. The minimum absolute atomic E-state index is 0.422. The summed E-state index contributed by atoms with van der Waals surface area (Å²) in [7, 11) is 0. The average molecular weight is 353 g/mol. The highest BCUT2D eigenvalue weighted by Gasteiger charge is 2.26. The smallest absolute Gasteiger partial charge is 0.236 e. The van der Waals surface area contributed by atoms with Gasteiger partial charge in [-0.15, -0.1) is 11.3 Å². The Morgan fingerprint density at radius 2 is 2.16 bits per heavy atom. The Bertz CT molecular complexity index is 840. The molecule has 1 fully saturated rings. The van der Waals surface area contributed by atoms with Crippen LogP contribution in [0.3, 0.4) is 0 Å². The maximum atomic E-state index is 5.96. The standard InChI is InChI=1S/C20H23N3OS/c1-14-8-9-19(25-14)20-22-17(15(2)24-20)13-23-11-4-3-7-18(23)16-6-5-10-21-12-16/h5-6,8-10,12,18H,3-4,7,11,13H2,1-2H3/t18-/m0/s1. The lowest BCUT2D eigenvalue weighted by molar-refractivity contribution is 0.138. The summed E-state index contributed by atoms with van der Waals surface area (Å²) in [4.78, 5) is 14.0. The Morgan fingerprint density at radius 3 is 2.92 bits per heavy atom. The van der Waals surface area contributed by atoms with Crippen molar-refractivity contribution in [2.24, 2.45) is 0 Å². The second-order valence-electron chi connectivity index (χ2n) is 6.70. The van der Waals surface area contributed by atoms with Crippen LogP contribution in [-0.2, 0) is 6.54 Å². The first-order chi connectivity index (χ1) is 12.2. The van der Waals surface area contributed by atoms with E-state index in [0.29, 0.717) is 6.04 Å². The number of pyridine rings is 1. The van der Waals surface area contributed by atoms with Gasteiger partial charge in [0, 0.05) is 29.9 Å². The van der Waals surface area contributed by atoms with E-state index in [2.05, 4.69) is 35.0 Å². The zero-order valence-electron chi connectivity index (χ0n) is 14.7. The monoisotopic (exact) mass is 353 g/mol. The summed E-state index contributed by atoms with van der Waals surface area (Å²) in [5.74, 6) is 1.68. The number of thiophene rings is 1. The molecule has 0 N–H and O–H groups in total. The van der Waals surface area contributed by atoms with Crippen molar-refractivity contribution in [1.82, 2.24) is 14.9 Å². The predicted molar refractivity (Wildman–Crippen MR) is 101 cm³/mol. The number of aryl methyl sites for hydroxylation is 2. The molecule has 0 bridgehead atoms. The lowest BCUT2D eigenvalue weighted by Gasteiger charge is -2.35. The van der Waals surface area contributed by atoms with E-state index in [1.165, 1.54) is 29.7 Å². The third-order valence-corrected chi connectivity index (χ3v) is 5.87. The molecule has 0 radical (unpaired) electrons. The van der Waals surface area contributed by atoms with E-state index in [0.717, 1.165) is 35.3 Å². The van der Waals surface area contributed by atoms with E-state index in [-0.39, 0.29) is 0 Å². The molecule has 3 aromatic heterocycles. The van der Waals surface area contributed by atoms with E-state index in [1.54, 1.807) is 11.3 Å². The van der Waals surface area contributed by atoms with Crippen molar-refractivity contribution < 1.29 is 4.42 Å². The highest BCUT2D eigenvalue weighted by molar-refractivity contribution is 7.15. The Hall–Kier alpha value is -1.98. The van der Waals surface area contributed by atoms with Crippen LogP contribution in [-0.4, -0.2) is 21.4 Å². The number of nitrogens with zero attached hydrogens (tertiary/aromatic N) is 3. The van der Waals surface area contributed by atoms with Crippen molar-refractivity contribution in [2.75, 3.05) is 6.54 Å². The molecule has 25 heavy (non-hydrogen) atoms. The molecule has 4 heterocycles. The minimum Gasteiger partial charge on any atom is -0.440 e. The van der Waals surface area contributed by atoms with Gasteiger partial charge in [-0.3, -0.25) is 9.88 Å². The summed E-state index contributed by atoms with van der Waals surface area (Å²) in [5, 5.41) is 0. The Kier molecular flexibility index (Phi) is 4.68. The molecule has 130 valence electrons. The summed E-state index contributed by atoms with van der Waals surface area (Å²) in [6, 6.07) is 8.84. The molecular weight excluding hydrogens is 330 g/mol. The molecule has 0 saturated carbocycles. The van der Waals surface area contributed by atoms with E-state index in [1.807, 2.05) is 25.4 Å². The quantitative estimate of drug-likeness (QED) is 0.651. The Morgan fingerprint density at radius 1 is 1.24 bits per heavy atom. The van der Waals surface area contributed by atoms with Gasteiger partial charge in [0.2, 0.25) is 5.89 Å². The van der Waals surface area contributed by atoms with Gasteiger partial charge in [-0.25, -0.2) is 4.98 Å². The van der Waals surface area contributed by atoms with Gasteiger partial charge in [0.25, 0.3) is 0 Å². The highest BCUT2D eigenvalue weighted by Crippen LogP contribution is 2.33. The van der Waals surface area contributed by atoms with Crippen LogP contribution in [0.2, 0.25) is 0 Å².